The molecule has 3 N–H and O–H groups in total. The van der Waals surface area contributed by atoms with Crippen molar-refractivity contribution < 1.29 is 23.9 Å². The molecular formula is C22H16ClFN2O4S. The molecule has 0 fully saturated rings. The fraction of sp³-hybridized carbons (Fsp3) is 0.0455. The highest BCUT2D eigenvalue weighted by atomic mass is 35.5. The molecule has 3 aromatic rings. The van der Waals surface area contributed by atoms with Crippen molar-refractivity contribution in [1.29, 1.82) is 0 Å². The molecule has 2 amide bonds. The van der Waals surface area contributed by atoms with E-state index in [1.807, 2.05) is 0 Å². The van der Waals surface area contributed by atoms with E-state index in [1.54, 1.807) is 36.4 Å². The quantitative estimate of drug-likeness (QED) is 0.425. The summed E-state index contributed by atoms with van der Waals surface area (Å²) in [5.74, 6) is -2.54. The molecule has 0 aromatic heterocycles. The summed E-state index contributed by atoms with van der Waals surface area (Å²) in [4.78, 5) is 36.6. The number of hydrogen-bond donors (Lipinski definition) is 3. The first-order valence-corrected chi connectivity index (χ1v) is 10.3. The van der Waals surface area contributed by atoms with Gasteiger partial charge in [0.05, 0.1) is 21.9 Å². The number of thioether (sulfide) groups is 1. The molecule has 9 heteroatoms. The Morgan fingerprint density at radius 2 is 1.61 bits per heavy atom. The molecule has 0 saturated heterocycles. The van der Waals surface area contributed by atoms with Crippen molar-refractivity contribution in [3.05, 3.63) is 88.7 Å². The Kier molecular flexibility index (Phi) is 7.28. The maximum absolute atomic E-state index is 13.2. The van der Waals surface area contributed by atoms with Gasteiger partial charge in [0.1, 0.15) is 5.82 Å². The summed E-state index contributed by atoms with van der Waals surface area (Å²) in [6.45, 7) is 0. The lowest BCUT2D eigenvalue weighted by Gasteiger charge is -2.09. The first-order valence-electron chi connectivity index (χ1n) is 8.95. The second-order valence-corrected chi connectivity index (χ2v) is 7.75. The first-order chi connectivity index (χ1) is 14.8. The molecule has 0 unspecified atom stereocenters. The SMILES string of the molecule is O=C(CSc1cccc(NC(=O)c2ccccc2C(=O)O)c1)Nc1ccc(F)c(Cl)c1. The molecule has 0 aliphatic carbocycles. The fourth-order valence-corrected chi connectivity index (χ4v) is 3.59. The molecule has 6 nitrogen and oxygen atoms in total. The molecule has 0 saturated carbocycles. The standard InChI is InChI=1S/C22H16ClFN2O4S/c23-18-11-14(8-9-19(18)24)25-20(27)12-31-15-5-3-4-13(10-15)26-21(28)16-6-1-2-7-17(16)22(29)30/h1-11H,12H2,(H,25,27)(H,26,28)(H,29,30). The van der Waals surface area contributed by atoms with E-state index in [0.717, 1.165) is 4.90 Å². The molecule has 0 aliphatic heterocycles. The highest BCUT2D eigenvalue weighted by Crippen LogP contribution is 2.24. The maximum Gasteiger partial charge on any atom is 0.336 e. The van der Waals surface area contributed by atoms with Crippen LogP contribution in [0.15, 0.2) is 71.6 Å². The molecule has 31 heavy (non-hydrogen) atoms. The van der Waals surface area contributed by atoms with Gasteiger partial charge in [-0.3, -0.25) is 9.59 Å². The Bertz CT molecular complexity index is 1160. The van der Waals surface area contributed by atoms with Gasteiger partial charge in [-0.05, 0) is 48.5 Å². The number of rotatable bonds is 7. The van der Waals surface area contributed by atoms with Crippen LogP contribution in [0, 0.1) is 5.82 Å². The molecule has 0 spiro atoms. The van der Waals surface area contributed by atoms with Crippen LogP contribution >= 0.6 is 23.4 Å². The number of halogens is 2. The molecule has 3 aromatic carbocycles. The van der Waals surface area contributed by atoms with E-state index in [9.17, 15) is 23.9 Å². The number of amides is 2. The summed E-state index contributed by atoms with van der Waals surface area (Å²) in [5, 5.41) is 14.4. The van der Waals surface area contributed by atoms with Gasteiger partial charge >= 0.3 is 5.97 Å². The Morgan fingerprint density at radius 3 is 2.32 bits per heavy atom. The zero-order valence-electron chi connectivity index (χ0n) is 15.9. The van der Waals surface area contributed by atoms with Gasteiger partial charge in [-0.15, -0.1) is 11.8 Å². The van der Waals surface area contributed by atoms with Gasteiger partial charge in [-0.2, -0.15) is 0 Å². The van der Waals surface area contributed by atoms with E-state index in [2.05, 4.69) is 10.6 Å². The predicted octanol–water partition coefficient (Wildman–Crippen LogP) is 5.16. The average Bonchev–Trinajstić information content (AvgIpc) is 2.75. The second-order valence-electron chi connectivity index (χ2n) is 6.30. The van der Waals surface area contributed by atoms with Crippen LogP contribution < -0.4 is 10.6 Å². The summed E-state index contributed by atoms with van der Waals surface area (Å²) in [6, 6.07) is 16.6. The number of hydrogen-bond acceptors (Lipinski definition) is 4. The van der Waals surface area contributed by atoms with Gasteiger partial charge < -0.3 is 15.7 Å². The van der Waals surface area contributed by atoms with Crippen molar-refractivity contribution in [2.24, 2.45) is 0 Å². The van der Waals surface area contributed by atoms with Crippen LogP contribution in [0.1, 0.15) is 20.7 Å². The van der Waals surface area contributed by atoms with Crippen molar-refractivity contribution in [2.75, 3.05) is 16.4 Å². The van der Waals surface area contributed by atoms with Crippen molar-refractivity contribution in [1.82, 2.24) is 0 Å². The largest absolute Gasteiger partial charge is 0.478 e. The number of anilines is 2. The highest BCUT2D eigenvalue weighted by Gasteiger charge is 2.16. The number of aromatic carboxylic acids is 1. The van der Waals surface area contributed by atoms with Crippen LogP contribution in [-0.2, 0) is 4.79 Å². The lowest BCUT2D eigenvalue weighted by atomic mass is 10.1. The smallest absolute Gasteiger partial charge is 0.336 e. The minimum atomic E-state index is -1.19. The molecule has 0 aliphatic rings. The van der Waals surface area contributed by atoms with E-state index in [0.29, 0.717) is 11.4 Å². The van der Waals surface area contributed by atoms with Gasteiger partial charge in [-0.1, -0.05) is 29.8 Å². The lowest BCUT2D eigenvalue weighted by molar-refractivity contribution is -0.113. The van der Waals surface area contributed by atoms with Crippen LogP contribution in [0.3, 0.4) is 0 Å². The van der Waals surface area contributed by atoms with Crippen LogP contribution in [-0.4, -0.2) is 28.6 Å². The van der Waals surface area contributed by atoms with Crippen LogP contribution in [0.5, 0.6) is 0 Å². The van der Waals surface area contributed by atoms with Gasteiger partial charge in [0.25, 0.3) is 5.91 Å². The Balaban J connectivity index is 1.61. The zero-order chi connectivity index (χ0) is 22.4. The summed E-state index contributed by atoms with van der Waals surface area (Å²) >= 11 is 6.94. The van der Waals surface area contributed by atoms with Gasteiger partial charge in [-0.25, -0.2) is 9.18 Å². The summed E-state index contributed by atoms with van der Waals surface area (Å²) in [7, 11) is 0. The number of carbonyl (C=O) groups is 3. The van der Waals surface area contributed by atoms with Crippen molar-refractivity contribution in [3.8, 4) is 0 Å². The summed E-state index contributed by atoms with van der Waals surface area (Å²) < 4.78 is 13.2. The van der Waals surface area contributed by atoms with Crippen molar-refractivity contribution in [3.63, 3.8) is 0 Å². The molecule has 0 radical (unpaired) electrons. The number of carboxylic acids is 1. The first kappa shape index (κ1) is 22.3. The number of carboxylic acid groups (broad SMARTS) is 1. The van der Waals surface area contributed by atoms with Crippen LogP contribution in [0.2, 0.25) is 5.02 Å². The zero-order valence-corrected chi connectivity index (χ0v) is 17.5. The molecule has 0 atom stereocenters. The maximum atomic E-state index is 13.2. The van der Waals surface area contributed by atoms with Crippen LogP contribution in [0.25, 0.3) is 0 Å². The number of nitrogens with one attached hydrogen (secondary N) is 2. The predicted molar refractivity (Wildman–Crippen MR) is 119 cm³/mol. The average molecular weight is 459 g/mol. The van der Waals surface area contributed by atoms with E-state index >= 15 is 0 Å². The van der Waals surface area contributed by atoms with Crippen molar-refractivity contribution >= 4 is 52.5 Å². The molecule has 0 heterocycles. The molecule has 158 valence electrons. The summed E-state index contributed by atoms with van der Waals surface area (Å²) in [5.41, 5.74) is 0.796. The van der Waals surface area contributed by atoms with E-state index in [1.165, 1.54) is 42.1 Å². The highest BCUT2D eigenvalue weighted by molar-refractivity contribution is 8.00. The Hall–Kier alpha value is -3.36. The minimum absolute atomic E-state index is 0.0467. The fourth-order valence-electron chi connectivity index (χ4n) is 2.65. The second kappa shape index (κ2) is 10.1. The normalized spacial score (nSPS) is 10.4. The van der Waals surface area contributed by atoms with Gasteiger partial charge in [0, 0.05) is 16.3 Å². The Morgan fingerprint density at radius 1 is 0.903 bits per heavy atom. The topological polar surface area (TPSA) is 95.5 Å². The molecule has 3 rings (SSSR count). The molecular weight excluding hydrogens is 443 g/mol. The monoisotopic (exact) mass is 458 g/mol. The van der Waals surface area contributed by atoms with Gasteiger partial charge in [0.15, 0.2) is 0 Å². The third-order valence-corrected chi connectivity index (χ3v) is 5.35. The minimum Gasteiger partial charge on any atom is -0.478 e. The number of benzene rings is 3. The van der Waals surface area contributed by atoms with Crippen LogP contribution in [0.4, 0.5) is 15.8 Å². The number of carbonyl (C=O) groups excluding carboxylic acids is 2. The third kappa shape index (κ3) is 6.07. The van der Waals surface area contributed by atoms with E-state index in [4.69, 9.17) is 11.6 Å². The summed E-state index contributed by atoms with van der Waals surface area (Å²) in [6.07, 6.45) is 0. The van der Waals surface area contributed by atoms with E-state index < -0.39 is 17.7 Å². The lowest BCUT2D eigenvalue weighted by Crippen LogP contribution is -2.16. The van der Waals surface area contributed by atoms with Gasteiger partial charge in [0.2, 0.25) is 5.91 Å². The van der Waals surface area contributed by atoms with E-state index in [-0.39, 0.29) is 27.8 Å². The Labute approximate surface area is 186 Å². The van der Waals surface area contributed by atoms with Crippen molar-refractivity contribution in [2.45, 2.75) is 4.90 Å². The third-order valence-electron chi connectivity index (χ3n) is 4.07. The molecule has 0 bridgehead atoms.